The maximum Gasteiger partial charge on any atom is 0.329 e. The molecule has 0 saturated heterocycles. The van der Waals surface area contributed by atoms with Crippen molar-refractivity contribution in [2.45, 2.75) is 78.2 Å². The van der Waals surface area contributed by atoms with E-state index in [1.165, 1.54) is 24.7 Å². The SMILES string of the molecule is CCCCCCCC(C)(C(=O)O)N(CCC)C(C)=O. The fraction of sp³-hybridized carbons (Fsp3) is 0.867. The van der Waals surface area contributed by atoms with Crippen LogP contribution in [-0.2, 0) is 9.59 Å². The average Bonchev–Trinajstić information content (AvgIpc) is 2.34. The lowest BCUT2D eigenvalue weighted by molar-refractivity contribution is -0.158. The fourth-order valence-electron chi connectivity index (χ4n) is 2.41. The maximum atomic E-state index is 11.7. The summed E-state index contributed by atoms with van der Waals surface area (Å²) in [6, 6.07) is 0. The van der Waals surface area contributed by atoms with Gasteiger partial charge in [-0.1, -0.05) is 46.0 Å². The lowest BCUT2D eigenvalue weighted by Gasteiger charge is -2.37. The van der Waals surface area contributed by atoms with Crippen molar-refractivity contribution >= 4 is 11.9 Å². The van der Waals surface area contributed by atoms with Crippen molar-refractivity contribution in [3.05, 3.63) is 0 Å². The van der Waals surface area contributed by atoms with E-state index in [2.05, 4.69) is 6.92 Å². The summed E-state index contributed by atoms with van der Waals surface area (Å²) in [5.74, 6) is -1.05. The van der Waals surface area contributed by atoms with Crippen molar-refractivity contribution in [3.8, 4) is 0 Å². The third-order valence-electron chi connectivity index (χ3n) is 3.65. The Balaban J connectivity index is 4.63. The Kier molecular flexibility index (Phi) is 8.44. The second-order valence-electron chi connectivity index (χ2n) is 5.41. The summed E-state index contributed by atoms with van der Waals surface area (Å²) in [6.45, 7) is 7.74. The van der Waals surface area contributed by atoms with Crippen molar-refractivity contribution in [1.82, 2.24) is 4.90 Å². The van der Waals surface area contributed by atoms with E-state index in [-0.39, 0.29) is 5.91 Å². The van der Waals surface area contributed by atoms with E-state index in [1.54, 1.807) is 6.92 Å². The minimum atomic E-state index is -1.06. The number of amides is 1. The Hall–Kier alpha value is -1.06. The largest absolute Gasteiger partial charge is 0.480 e. The van der Waals surface area contributed by atoms with Gasteiger partial charge in [-0.25, -0.2) is 4.79 Å². The number of rotatable bonds is 10. The monoisotopic (exact) mass is 271 g/mol. The number of hydrogen-bond donors (Lipinski definition) is 1. The van der Waals surface area contributed by atoms with Crippen LogP contribution < -0.4 is 0 Å². The van der Waals surface area contributed by atoms with Gasteiger partial charge in [0.15, 0.2) is 0 Å². The van der Waals surface area contributed by atoms with E-state index >= 15 is 0 Å². The molecule has 0 aliphatic carbocycles. The van der Waals surface area contributed by atoms with E-state index in [0.717, 1.165) is 25.7 Å². The molecule has 4 heteroatoms. The molecule has 0 radical (unpaired) electrons. The Bertz CT molecular complexity index is 291. The van der Waals surface area contributed by atoms with Crippen LogP contribution in [0.3, 0.4) is 0 Å². The third kappa shape index (κ3) is 5.62. The first-order valence-electron chi connectivity index (χ1n) is 7.41. The Morgan fingerprint density at radius 1 is 1.05 bits per heavy atom. The van der Waals surface area contributed by atoms with Crippen LogP contribution in [0, 0.1) is 0 Å². The second-order valence-corrected chi connectivity index (χ2v) is 5.41. The van der Waals surface area contributed by atoms with Gasteiger partial charge in [-0.05, 0) is 19.8 Å². The molecule has 0 fully saturated rings. The molecule has 0 aromatic carbocycles. The molecule has 4 nitrogen and oxygen atoms in total. The molecule has 1 atom stereocenters. The molecule has 0 rings (SSSR count). The normalized spacial score (nSPS) is 13.9. The quantitative estimate of drug-likeness (QED) is 0.619. The zero-order valence-corrected chi connectivity index (χ0v) is 12.9. The highest BCUT2D eigenvalue weighted by Gasteiger charge is 2.40. The Labute approximate surface area is 117 Å². The van der Waals surface area contributed by atoms with E-state index in [9.17, 15) is 14.7 Å². The summed E-state index contributed by atoms with van der Waals surface area (Å²) in [6.07, 6.45) is 6.70. The molecule has 0 aliphatic rings. The second kappa shape index (κ2) is 8.94. The minimum Gasteiger partial charge on any atom is -0.480 e. The number of carboxylic acids is 1. The molecule has 0 spiro atoms. The molecule has 0 aromatic rings. The first-order valence-corrected chi connectivity index (χ1v) is 7.41. The number of carboxylic acid groups (broad SMARTS) is 1. The molecule has 0 heterocycles. The van der Waals surface area contributed by atoms with E-state index in [4.69, 9.17) is 0 Å². The van der Waals surface area contributed by atoms with Crippen molar-refractivity contribution in [2.75, 3.05) is 6.54 Å². The summed E-state index contributed by atoms with van der Waals surface area (Å²) in [5.41, 5.74) is -1.06. The van der Waals surface area contributed by atoms with Crippen molar-refractivity contribution in [2.24, 2.45) is 0 Å². The molecule has 0 aromatic heterocycles. The van der Waals surface area contributed by atoms with Crippen LogP contribution in [0.1, 0.15) is 72.6 Å². The first kappa shape index (κ1) is 17.9. The Morgan fingerprint density at radius 2 is 1.63 bits per heavy atom. The summed E-state index contributed by atoms with van der Waals surface area (Å²) in [5, 5.41) is 9.49. The third-order valence-corrected chi connectivity index (χ3v) is 3.65. The standard InChI is InChI=1S/C15H29NO3/c1-5-7-8-9-10-11-15(4,14(18)19)16(12-6-2)13(3)17/h5-12H2,1-4H3,(H,18,19). The molecule has 1 amide bonds. The molecular weight excluding hydrogens is 242 g/mol. The van der Waals surface area contributed by atoms with Gasteiger partial charge in [0.1, 0.15) is 5.54 Å². The van der Waals surface area contributed by atoms with Crippen LogP contribution in [0.5, 0.6) is 0 Å². The highest BCUT2D eigenvalue weighted by molar-refractivity contribution is 5.85. The van der Waals surface area contributed by atoms with Gasteiger partial charge in [-0.3, -0.25) is 4.79 Å². The lowest BCUT2D eigenvalue weighted by atomic mass is 9.91. The molecule has 19 heavy (non-hydrogen) atoms. The minimum absolute atomic E-state index is 0.152. The van der Waals surface area contributed by atoms with Crippen LogP contribution in [0.4, 0.5) is 0 Å². The highest BCUT2D eigenvalue weighted by atomic mass is 16.4. The number of unbranched alkanes of at least 4 members (excludes halogenated alkanes) is 4. The predicted molar refractivity (Wildman–Crippen MR) is 77.1 cm³/mol. The van der Waals surface area contributed by atoms with Gasteiger partial charge in [-0.2, -0.15) is 0 Å². The van der Waals surface area contributed by atoms with Crippen LogP contribution in [0.2, 0.25) is 0 Å². The maximum absolute atomic E-state index is 11.7. The van der Waals surface area contributed by atoms with E-state index in [0.29, 0.717) is 13.0 Å². The topological polar surface area (TPSA) is 57.6 Å². The van der Waals surface area contributed by atoms with Gasteiger partial charge in [0.25, 0.3) is 0 Å². The van der Waals surface area contributed by atoms with Crippen LogP contribution in [0.25, 0.3) is 0 Å². The first-order chi connectivity index (χ1) is 8.90. The van der Waals surface area contributed by atoms with Gasteiger partial charge in [-0.15, -0.1) is 0 Å². The highest BCUT2D eigenvalue weighted by Crippen LogP contribution is 2.24. The molecule has 112 valence electrons. The van der Waals surface area contributed by atoms with Crippen molar-refractivity contribution in [3.63, 3.8) is 0 Å². The summed E-state index contributed by atoms with van der Waals surface area (Å²) in [4.78, 5) is 24.8. The van der Waals surface area contributed by atoms with Gasteiger partial charge >= 0.3 is 5.97 Å². The van der Waals surface area contributed by atoms with Gasteiger partial charge < -0.3 is 10.0 Å². The zero-order chi connectivity index (χ0) is 14.9. The summed E-state index contributed by atoms with van der Waals surface area (Å²) >= 11 is 0. The number of carbonyl (C=O) groups is 2. The van der Waals surface area contributed by atoms with Gasteiger partial charge in [0.05, 0.1) is 0 Å². The Morgan fingerprint density at radius 3 is 2.05 bits per heavy atom. The van der Waals surface area contributed by atoms with Crippen LogP contribution in [-0.4, -0.2) is 34.0 Å². The summed E-state index contributed by atoms with van der Waals surface area (Å²) < 4.78 is 0. The molecular formula is C15H29NO3. The molecule has 1 N–H and O–H groups in total. The van der Waals surface area contributed by atoms with Crippen LogP contribution in [0.15, 0.2) is 0 Å². The van der Waals surface area contributed by atoms with Crippen molar-refractivity contribution < 1.29 is 14.7 Å². The predicted octanol–water partition coefficient (Wildman–Crippen LogP) is 3.45. The molecule has 0 aliphatic heterocycles. The van der Waals surface area contributed by atoms with E-state index < -0.39 is 11.5 Å². The van der Waals surface area contributed by atoms with E-state index in [1.807, 2.05) is 6.92 Å². The molecule has 0 saturated carbocycles. The number of carbonyl (C=O) groups excluding carboxylic acids is 1. The number of aliphatic carboxylic acids is 1. The lowest BCUT2D eigenvalue weighted by Crippen LogP contribution is -2.54. The van der Waals surface area contributed by atoms with Crippen molar-refractivity contribution in [1.29, 1.82) is 0 Å². The smallest absolute Gasteiger partial charge is 0.329 e. The fourth-order valence-corrected chi connectivity index (χ4v) is 2.41. The van der Waals surface area contributed by atoms with Gasteiger partial charge in [0.2, 0.25) is 5.91 Å². The number of hydrogen-bond acceptors (Lipinski definition) is 2. The zero-order valence-electron chi connectivity index (χ0n) is 12.9. The van der Waals surface area contributed by atoms with Gasteiger partial charge in [0, 0.05) is 13.5 Å². The number of nitrogens with zero attached hydrogens (tertiary/aromatic N) is 1. The molecule has 0 bridgehead atoms. The van der Waals surface area contributed by atoms with Crippen LogP contribution >= 0.6 is 0 Å². The molecule has 1 unspecified atom stereocenters. The summed E-state index contributed by atoms with van der Waals surface area (Å²) in [7, 11) is 0. The average molecular weight is 271 g/mol.